The van der Waals surface area contributed by atoms with Crippen molar-refractivity contribution in [3.05, 3.63) is 65.2 Å². The first-order chi connectivity index (χ1) is 14.5. The molecule has 3 amide bonds. The molecule has 1 spiro atoms. The van der Waals surface area contributed by atoms with Crippen molar-refractivity contribution in [3.63, 3.8) is 0 Å². The molecule has 4 heterocycles. The molecule has 3 saturated heterocycles. The SMILES string of the molecule is Cc1ccc2c(c1)[C@@]1(C(=O)N2)[C@@H]2C(=O)N(Cc3ccccc3)C(=O)[C@@H]2[C@@H]2CCCN21. The zero-order chi connectivity index (χ0) is 20.6. The van der Waals surface area contributed by atoms with Crippen LogP contribution in [0.5, 0.6) is 0 Å². The maximum Gasteiger partial charge on any atom is 0.250 e. The highest BCUT2D eigenvalue weighted by molar-refractivity contribution is 6.15. The molecule has 0 saturated carbocycles. The van der Waals surface area contributed by atoms with E-state index in [4.69, 9.17) is 0 Å². The molecule has 0 bridgehead atoms. The summed E-state index contributed by atoms with van der Waals surface area (Å²) in [5.74, 6) is -1.63. The van der Waals surface area contributed by atoms with Crippen molar-refractivity contribution in [1.82, 2.24) is 9.80 Å². The fourth-order valence-electron chi connectivity index (χ4n) is 6.30. The number of carbonyl (C=O) groups is 3. The fourth-order valence-corrected chi connectivity index (χ4v) is 6.30. The van der Waals surface area contributed by atoms with Gasteiger partial charge >= 0.3 is 0 Å². The molecule has 4 atom stereocenters. The highest BCUT2D eigenvalue weighted by Crippen LogP contribution is 2.60. The van der Waals surface area contributed by atoms with Gasteiger partial charge in [0.15, 0.2) is 0 Å². The number of aryl methyl sites for hydroxylation is 1. The molecule has 2 aromatic carbocycles. The lowest BCUT2D eigenvalue weighted by molar-refractivity contribution is -0.146. The Bertz CT molecular complexity index is 1100. The van der Waals surface area contributed by atoms with E-state index in [-0.39, 0.29) is 30.3 Å². The van der Waals surface area contributed by atoms with E-state index < -0.39 is 17.4 Å². The summed E-state index contributed by atoms with van der Waals surface area (Å²) in [5, 5.41) is 3.02. The lowest BCUT2D eigenvalue weighted by Crippen LogP contribution is -2.54. The van der Waals surface area contributed by atoms with E-state index in [0.29, 0.717) is 0 Å². The number of carbonyl (C=O) groups excluding carboxylic acids is 3. The van der Waals surface area contributed by atoms with Crippen LogP contribution in [0.25, 0.3) is 0 Å². The van der Waals surface area contributed by atoms with Gasteiger partial charge in [-0.1, -0.05) is 48.0 Å². The standard InChI is InChI=1S/C24H23N3O3/c1-14-9-10-17-16(12-14)24(23(30)25-17)20-19(18-8-5-11-27(18)24)21(28)26(22(20)29)13-15-6-3-2-4-7-15/h2-4,6-7,9-10,12,18-20H,5,8,11,13H2,1H3,(H,25,30)/t18-,19+,20-,24-/m0/s1. The largest absolute Gasteiger partial charge is 0.324 e. The second-order valence-electron chi connectivity index (χ2n) is 8.92. The van der Waals surface area contributed by atoms with Crippen molar-refractivity contribution in [2.45, 2.75) is 37.9 Å². The van der Waals surface area contributed by atoms with E-state index in [2.05, 4.69) is 10.2 Å². The quantitative estimate of drug-likeness (QED) is 0.785. The summed E-state index contributed by atoms with van der Waals surface area (Å²) < 4.78 is 0. The van der Waals surface area contributed by atoms with Crippen molar-refractivity contribution < 1.29 is 14.4 Å². The number of hydrogen-bond acceptors (Lipinski definition) is 4. The number of hydrogen-bond donors (Lipinski definition) is 1. The van der Waals surface area contributed by atoms with Gasteiger partial charge in [0, 0.05) is 17.3 Å². The van der Waals surface area contributed by atoms with Gasteiger partial charge in [-0.15, -0.1) is 0 Å². The van der Waals surface area contributed by atoms with Crippen LogP contribution in [0.3, 0.4) is 0 Å². The first-order valence-electron chi connectivity index (χ1n) is 10.6. The topological polar surface area (TPSA) is 69.7 Å². The molecule has 6 heteroatoms. The van der Waals surface area contributed by atoms with Crippen molar-refractivity contribution in [2.75, 3.05) is 11.9 Å². The minimum Gasteiger partial charge on any atom is -0.324 e. The van der Waals surface area contributed by atoms with Crippen LogP contribution in [0.2, 0.25) is 0 Å². The minimum absolute atomic E-state index is 0.0653. The second kappa shape index (κ2) is 6.01. The first-order valence-corrected chi connectivity index (χ1v) is 10.6. The molecule has 3 fully saturated rings. The summed E-state index contributed by atoms with van der Waals surface area (Å²) in [6.07, 6.45) is 1.78. The Labute approximate surface area is 174 Å². The summed E-state index contributed by atoms with van der Waals surface area (Å²) in [4.78, 5) is 44.3. The molecule has 6 rings (SSSR count). The van der Waals surface area contributed by atoms with Gasteiger partial charge in [-0.3, -0.25) is 24.2 Å². The van der Waals surface area contributed by atoms with Crippen LogP contribution in [-0.2, 0) is 26.5 Å². The van der Waals surface area contributed by atoms with E-state index in [1.807, 2.05) is 55.5 Å². The van der Waals surface area contributed by atoms with Crippen molar-refractivity contribution >= 4 is 23.4 Å². The highest BCUT2D eigenvalue weighted by atomic mass is 16.2. The molecule has 2 aromatic rings. The molecule has 0 aromatic heterocycles. The molecule has 0 radical (unpaired) electrons. The molecule has 6 nitrogen and oxygen atoms in total. The lowest BCUT2D eigenvalue weighted by atomic mass is 9.75. The summed E-state index contributed by atoms with van der Waals surface area (Å²) in [5.41, 5.74) is 2.50. The van der Waals surface area contributed by atoms with Gasteiger partial charge in [0.05, 0.1) is 18.4 Å². The molecule has 4 aliphatic heterocycles. The Hall–Kier alpha value is -2.99. The van der Waals surface area contributed by atoms with Crippen LogP contribution >= 0.6 is 0 Å². The molecule has 4 aliphatic rings. The zero-order valence-corrected chi connectivity index (χ0v) is 16.8. The van der Waals surface area contributed by atoms with Crippen LogP contribution in [-0.4, -0.2) is 40.1 Å². The van der Waals surface area contributed by atoms with Gasteiger partial charge in [0.2, 0.25) is 17.7 Å². The smallest absolute Gasteiger partial charge is 0.250 e. The van der Waals surface area contributed by atoms with Crippen LogP contribution in [0.15, 0.2) is 48.5 Å². The maximum absolute atomic E-state index is 13.7. The Balaban J connectivity index is 1.50. The Kier molecular flexibility index (Phi) is 3.58. The number of fused-ring (bicyclic) bond motifs is 7. The average Bonchev–Trinajstić information content (AvgIpc) is 3.44. The maximum atomic E-state index is 13.7. The summed E-state index contributed by atoms with van der Waals surface area (Å²) in [6, 6.07) is 15.4. The van der Waals surface area contributed by atoms with Gasteiger partial charge in [-0.2, -0.15) is 0 Å². The molecule has 152 valence electrons. The minimum atomic E-state index is -1.08. The van der Waals surface area contributed by atoms with E-state index >= 15 is 0 Å². The third kappa shape index (κ3) is 2.04. The van der Waals surface area contributed by atoms with Crippen LogP contribution in [0.1, 0.15) is 29.5 Å². The normalized spacial score (nSPS) is 32.0. The second-order valence-corrected chi connectivity index (χ2v) is 8.92. The van der Waals surface area contributed by atoms with Crippen LogP contribution in [0.4, 0.5) is 5.69 Å². The molecule has 0 unspecified atom stereocenters. The number of benzene rings is 2. The molecule has 30 heavy (non-hydrogen) atoms. The molecule has 0 aliphatic carbocycles. The molecule has 1 N–H and O–H groups in total. The number of likely N-dealkylation sites (tertiary alicyclic amines) is 1. The van der Waals surface area contributed by atoms with Gasteiger partial charge < -0.3 is 5.32 Å². The Morgan fingerprint density at radius 2 is 1.87 bits per heavy atom. The number of anilines is 1. The average molecular weight is 401 g/mol. The lowest BCUT2D eigenvalue weighted by Gasteiger charge is -2.36. The van der Waals surface area contributed by atoms with Gasteiger partial charge in [0.25, 0.3) is 0 Å². The Morgan fingerprint density at radius 3 is 2.67 bits per heavy atom. The van der Waals surface area contributed by atoms with E-state index in [1.54, 1.807) is 0 Å². The first kappa shape index (κ1) is 17.8. The van der Waals surface area contributed by atoms with E-state index in [1.165, 1.54) is 4.90 Å². The molecular weight excluding hydrogens is 378 g/mol. The van der Waals surface area contributed by atoms with Crippen molar-refractivity contribution in [3.8, 4) is 0 Å². The number of amides is 3. The van der Waals surface area contributed by atoms with Crippen molar-refractivity contribution in [2.24, 2.45) is 11.8 Å². The monoisotopic (exact) mass is 401 g/mol. The van der Waals surface area contributed by atoms with Crippen LogP contribution < -0.4 is 5.32 Å². The predicted molar refractivity (Wildman–Crippen MR) is 110 cm³/mol. The van der Waals surface area contributed by atoms with Gasteiger partial charge in [-0.25, -0.2) is 0 Å². The van der Waals surface area contributed by atoms with E-state index in [0.717, 1.165) is 41.8 Å². The third-order valence-corrected chi connectivity index (χ3v) is 7.42. The zero-order valence-electron chi connectivity index (χ0n) is 16.8. The number of nitrogens with one attached hydrogen (secondary N) is 1. The summed E-state index contributed by atoms with van der Waals surface area (Å²) in [6.45, 7) is 2.99. The van der Waals surface area contributed by atoms with E-state index in [9.17, 15) is 14.4 Å². The van der Waals surface area contributed by atoms with Gasteiger partial charge in [-0.05, 0) is 37.9 Å². The molecular formula is C24H23N3O3. The number of imide groups is 1. The fraction of sp³-hybridized carbons (Fsp3) is 0.375. The number of nitrogens with zero attached hydrogens (tertiary/aromatic N) is 2. The third-order valence-electron chi connectivity index (χ3n) is 7.42. The summed E-state index contributed by atoms with van der Waals surface area (Å²) in [7, 11) is 0. The predicted octanol–water partition coefficient (Wildman–Crippen LogP) is 2.42. The van der Waals surface area contributed by atoms with Crippen molar-refractivity contribution in [1.29, 1.82) is 0 Å². The van der Waals surface area contributed by atoms with Crippen LogP contribution in [0, 0.1) is 18.8 Å². The number of rotatable bonds is 2. The Morgan fingerprint density at radius 1 is 1.07 bits per heavy atom. The summed E-state index contributed by atoms with van der Waals surface area (Å²) >= 11 is 0. The van der Waals surface area contributed by atoms with Gasteiger partial charge in [0.1, 0.15) is 5.54 Å². The highest BCUT2D eigenvalue weighted by Gasteiger charge is 2.74.